The lowest BCUT2D eigenvalue weighted by Crippen LogP contribution is -2.50. The second-order valence-electron chi connectivity index (χ2n) is 5.72. The molecule has 5 nitrogen and oxygen atoms in total. The van der Waals surface area contributed by atoms with Crippen molar-refractivity contribution >= 4 is 15.7 Å². The lowest BCUT2D eigenvalue weighted by molar-refractivity contribution is -0.124. The number of hydrogen-bond donors (Lipinski definition) is 2. The van der Waals surface area contributed by atoms with E-state index in [0.717, 1.165) is 0 Å². The van der Waals surface area contributed by atoms with Gasteiger partial charge in [0.1, 0.15) is 0 Å². The number of carbonyl (C=O) groups excluding carboxylic acids is 1. The Bertz CT molecular complexity index is 384. The molecule has 1 aliphatic rings. The summed E-state index contributed by atoms with van der Waals surface area (Å²) in [7, 11) is -3.00. The van der Waals surface area contributed by atoms with Gasteiger partial charge in [0.2, 0.25) is 5.91 Å². The second-order valence-corrected chi connectivity index (χ2v) is 8.12. The summed E-state index contributed by atoms with van der Waals surface area (Å²) in [5.41, 5.74) is 5.46. The molecule has 1 fully saturated rings. The number of nitrogens with two attached hydrogens (primary N) is 1. The van der Waals surface area contributed by atoms with Crippen molar-refractivity contribution < 1.29 is 13.2 Å². The van der Waals surface area contributed by atoms with Crippen LogP contribution in [0.2, 0.25) is 0 Å². The predicted octanol–water partition coefficient (Wildman–Crippen LogP) is 0.0532. The van der Waals surface area contributed by atoms with E-state index in [2.05, 4.69) is 5.32 Å². The van der Waals surface area contributed by atoms with E-state index >= 15 is 0 Å². The van der Waals surface area contributed by atoms with Crippen LogP contribution in [0.15, 0.2) is 0 Å². The maximum absolute atomic E-state index is 11.7. The van der Waals surface area contributed by atoms with Gasteiger partial charge < -0.3 is 11.1 Å². The van der Waals surface area contributed by atoms with E-state index in [-0.39, 0.29) is 23.6 Å². The topological polar surface area (TPSA) is 89.3 Å². The zero-order valence-electron chi connectivity index (χ0n) is 10.7. The zero-order chi connectivity index (χ0) is 13.3. The van der Waals surface area contributed by atoms with Crippen molar-refractivity contribution in [3.63, 3.8) is 0 Å². The Morgan fingerprint density at radius 2 is 2.06 bits per heavy atom. The number of hydrogen-bond acceptors (Lipinski definition) is 4. The molecule has 0 bridgehead atoms. The highest BCUT2D eigenvalue weighted by Gasteiger charge is 2.33. The fourth-order valence-electron chi connectivity index (χ4n) is 1.81. The third kappa shape index (κ3) is 3.67. The van der Waals surface area contributed by atoms with Crippen LogP contribution in [0.5, 0.6) is 0 Å². The van der Waals surface area contributed by atoms with Crippen LogP contribution in [0.1, 0.15) is 33.6 Å². The molecule has 0 radical (unpaired) electrons. The lowest BCUT2D eigenvalue weighted by Gasteiger charge is -2.26. The molecule has 0 aromatic rings. The smallest absolute Gasteiger partial charge is 0.237 e. The van der Waals surface area contributed by atoms with Gasteiger partial charge in [-0.25, -0.2) is 8.42 Å². The van der Waals surface area contributed by atoms with Crippen LogP contribution in [0, 0.1) is 5.41 Å². The molecule has 1 aliphatic heterocycles. The van der Waals surface area contributed by atoms with Crippen molar-refractivity contribution in [2.24, 2.45) is 11.1 Å². The standard InChI is InChI=1S/C11H22N2O3S/c1-11(2,3)9(12)10(14)13-7-8-5-4-6-17(8,15)16/h8-9H,4-7,12H2,1-3H3,(H,13,14)/t8?,9-/m1/s1. The van der Waals surface area contributed by atoms with Gasteiger partial charge in [-0.05, 0) is 18.3 Å². The number of amides is 1. The van der Waals surface area contributed by atoms with Crippen LogP contribution < -0.4 is 11.1 Å². The summed E-state index contributed by atoms with van der Waals surface area (Å²) in [6.07, 6.45) is 1.32. The van der Waals surface area contributed by atoms with Gasteiger partial charge in [-0.3, -0.25) is 4.79 Å². The van der Waals surface area contributed by atoms with Gasteiger partial charge in [-0.1, -0.05) is 20.8 Å². The van der Waals surface area contributed by atoms with E-state index in [1.54, 1.807) is 0 Å². The molecule has 1 saturated heterocycles. The Morgan fingerprint density at radius 3 is 2.47 bits per heavy atom. The van der Waals surface area contributed by atoms with Gasteiger partial charge in [-0.2, -0.15) is 0 Å². The van der Waals surface area contributed by atoms with E-state index in [0.29, 0.717) is 12.8 Å². The van der Waals surface area contributed by atoms with Crippen molar-refractivity contribution in [1.82, 2.24) is 5.32 Å². The van der Waals surface area contributed by atoms with Crippen LogP contribution in [0.3, 0.4) is 0 Å². The maximum atomic E-state index is 11.7. The summed E-state index contributed by atoms with van der Waals surface area (Å²) in [6, 6.07) is -0.619. The highest BCUT2D eigenvalue weighted by molar-refractivity contribution is 7.92. The average Bonchev–Trinajstić information content (AvgIpc) is 2.51. The molecular weight excluding hydrogens is 240 g/mol. The fraction of sp³-hybridized carbons (Fsp3) is 0.909. The molecule has 100 valence electrons. The van der Waals surface area contributed by atoms with Crippen molar-refractivity contribution in [2.75, 3.05) is 12.3 Å². The second kappa shape index (κ2) is 4.94. The number of sulfone groups is 1. The first-order valence-electron chi connectivity index (χ1n) is 5.89. The molecule has 0 aliphatic carbocycles. The van der Waals surface area contributed by atoms with Gasteiger partial charge in [0.25, 0.3) is 0 Å². The van der Waals surface area contributed by atoms with E-state index in [4.69, 9.17) is 5.73 Å². The van der Waals surface area contributed by atoms with Gasteiger partial charge in [-0.15, -0.1) is 0 Å². The molecule has 1 heterocycles. The molecule has 2 atom stereocenters. The zero-order valence-corrected chi connectivity index (χ0v) is 11.5. The van der Waals surface area contributed by atoms with Gasteiger partial charge in [0, 0.05) is 6.54 Å². The number of nitrogens with one attached hydrogen (secondary N) is 1. The van der Waals surface area contributed by atoms with E-state index in [1.807, 2.05) is 20.8 Å². The monoisotopic (exact) mass is 262 g/mol. The third-order valence-electron chi connectivity index (χ3n) is 3.18. The summed E-state index contributed by atoms with van der Waals surface area (Å²) < 4.78 is 23.1. The molecule has 0 aromatic carbocycles. The molecule has 6 heteroatoms. The SMILES string of the molecule is CC(C)(C)[C@H](N)C(=O)NCC1CCCS1(=O)=O. The van der Waals surface area contributed by atoms with Gasteiger partial charge in [0.05, 0.1) is 17.0 Å². The number of carbonyl (C=O) groups is 1. The van der Waals surface area contributed by atoms with Crippen LogP contribution in [0.4, 0.5) is 0 Å². The first-order valence-corrected chi connectivity index (χ1v) is 7.61. The molecule has 0 aromatic heterocycles. The summed E-state index contributed by atoms with van der Waals surface area (Å²) in [6.45, 7) is 5.82. The van der Waals surface area contributed by atoms with Crippen LogP contribution in [-0.2, 0) is 14.6 Å². The van der Waals surface area contributed by atoms with Crippen molar-refractivity contribution in [3.8, 4) is 0 Å². The van der Waals surface area contributed by atoms with E-state index in [1.165, 1.54) is 0 Å². The van der Waals surface area contributed by atoms with E-state index in [9.17, 15) is 13.2 Å². The first-order chi connectivity index (χ1) is 7.64. The Kier molecular flexibility index (Phi) is 4.19. The third-order valence-corrected chi connectivity index (χ3v) is 5.46. The largest absolute Gasteiger partial charge is 0.353 e. The van der Waals surface area contributed by atoms with Crippen LogP contribution in [-0.4, -0.2) is 37.9 Å². The molecule has 1 amide bonds. The average molecular weight is 262 g/mol. The molecular formula is C11H22N2O3S. The summed E-state index contributed by atoms with van der Waals surface area (Å²) in [5, 5.41) is 2.21. The minimum absolute atomic E-state index is 0.185. The molecule has 1 rings (SSSR count). The minimum Gasteiger partial charge on any atom is -0.353 e. The molecule has 0 spiro atoms. The first kappa shape index (κ1) is 14.4. The van der Waals surface area contributed by atoms with Crippen LogP contribution >= 0.6 is 0 Å². The maximum Gasteiger partial charge on any atom is 0.237 e. The quantitative estimate of drug-likeness (QED) is 0.752. The predicted molar refractivity (Wildman–Crippen MR) is 67.2 cm³/mol. The molecule has 0 saturated carbocycles. The Hall–Kier alpha value is -0.620. The molecule has 17 heavy (non-hydrogen) atoms. The Balaban J connectivity index is 2.49. The highest BCUT2D eigenvalue weighted by Crippen LogP contribution is 2.20. The Labute approximate surface area is 103 Å². The minimum atomic E-state index is -3.00. The van der Waals surface area contributed by atoms with Crippen molar-refractivity contribution in [3.05, 3.63) is 0 Å². The number of rotatable bonds is 3. The van der Waals surface area contributed by atoms with E-state index < -0.39 is 21.1 Å². The Morgan fingerprint density at radius 1 is 1.47 bits per heavy atom. The summed E-state index contributed by atoms with van der Waals surface area (Å²) >= 11 is 0. The van der Waals surface area contributed by atoms with Gasteiger partial charge in [0.15, 0.2) is 9.84 Å². The van der Waals surface area contributed by atoms with Crippen molar-refractivity contribution in [2.45, 2.75) is 44.9 Å². The normalized spacial score (nSPS) is 25.5. The molecule has 3 N–H and O–H groups in total. The summed E-state index contributed by atoms with van der Waals surface area (Å²) in [4.78, 5) is 11.7. The van der Waals surface area contributed by atoms with Crippen molar-refractivity contribution in [1.29, 1.82) is 0 Å². The fourth-order valence-corrected chi connectivity index (χ4v) is 3.57. The summed E-state index contributed by atoms with van der Waals surface area (Å²) in [5.74, 6) is -0.0432. The van der Waals surface area contributed by atoms with Crippen LogP contribution in [0.25, 0.3) is 0 Å². The lowest BCUT2D eigenvalue weighted by atomic mass is 9.87. The highest BCUT2D eigenvalue weighted by atomic mass is 32.2. The van der Waals surface area contributed by atoms with Gasteiger partial charge >= 0.3 is 0 Å². The molecule has 1 unspecified atom stereocenters.